The Morgan fingerprint density at radius 2 is 1.95 bits per heavy atom. The fourth-order valence-electron chi connectivity index (χ4n) is 4.83. The molecule has 4 aromatic rings. The number of hydrogen-bond donors (Lipinski definition) is 2. The third kappa shape index (κ3) is 5.89. The first-order chi connectivity index (χ1) is 19.5. The zero-order valence-corrected chi connectivity index (χ0v) is 23.2. The largest absolute Gasteiger partial charge is 0.468 e. The lowest BCUT2D eigenvalue weighted by molar-refractivity contribution is -0.142. The SMILES string of the molecule is CCOC(=O)CCNc1nc(N2CCNCC2)c2cc(Cl)c(-c3cc(OCOC)cc4ccccc34)c(F)c2n1. The van der Waals surface area contributed by atoms with Crippen LogP contribution in [0, 0.1) is 5.82 Å². The van der Waals surface area contributed by atoms with E-state index in [1.807, 2.05) is 30.3 Å². The van der Waals surface area contributed by atoms with E-state index in [0.717, 1.165) is 23.9 Å². The Labute approximate surface area is 236 Å². The highest BCUT2D eigenvalue weighted by Gasteiger charge is 2.24. The molecule has 1 aliphatic heterocycles. The lowest BCUT2D eigenvalue weighted by Crippen LogP contribution is -2.44. The molecule has 3 aromatic carbocycles. The van der Waals surface area contributed by atoms with Gasteiger partial charge in [0, 0.05) is 50.8 Å². The summed E-state index contributed by atoms with van der Waals surface area (Å²) in [5.74, 6) is 0.431. The molecular formula is C29H31ClFN5O4. The van der Waals surface area contributed by atoms with Crippen molar-refractivity contribution in [2.24, 2.45) is 0 Å². The quantitative estimate of drug-likeness (QED) is 0.203. The Morgan fingerprint density at radius 1 is 1.15 bits per heavy atom. The number of esters is 1. The number of anilines is 2. The van der Waals surface area contributed by atoms with E-state index in [2.05, 4.69) is 20.5 Å². The molecule has 0 amide bonds. The number of fused-ring (bicyclic) bond motifs is 2. The maximum atomic E-state index is 16.6. The predicted octanol–water partition coefficient (Wildman–Crippen LogP) is 5.00. The number of nitrogens with zero attached hydrogens (tertiary/aromatic N) is 3. The molecule has 1 saturated heterocycles. The highest BCUT2D eigenvalue weighted by Crippen LogP contribution is 2.42. The summed E-state index contributed by atoms with van der Waals surface area (Å²) >= 11 is 6.84. The third-order valence-electron chi connectivity index (χ3n) is 6.65. The molecule has 0 saturated carbocycles. The van der Waals surface area contributed by atoms with Crippen LogP contribution >= 0.6 is 11.6 Å². The summed E-state index contributed by atoms with van der Waals surface area (Å²) in [5, 5.41) is 8.83. The number of methoxy groups -OCH3 is 1. The van der Waals surface area contributed by atoms with Crippen molar-refractivity contribution in [2.75, 3.05) is 63.5 Å². The molecule has 2 N–H and O–H groups in total. The number of carbonyl (C=O) groups is 1. The van der Waals surface area contributed by atoms with Crippen LogP contribution in [0.1, 0.15) is 13.3 Å². The lowest BCUT2D eigenvalue weighted by Gasteiger charge is -2.29. The second kappa shape index (κ2) is 12.6. The summed E-state index contributed by atoms with van der Waals surface area (Å²) in [6.07, 6.45) is 0.132. The molecule has 40 heavy (non-hydrogen) atoms. The molecule has 1 fully saturated rings. The Bertz CT molecular complexity index is 1530. The molecule has 0 bridgehead atoms. The zero-order chi connectivity index (χ0) is 28.1. The Kier molecular flexibility index (Phi) is 8.78. The molecule has 1 aromatic heterocycles. The van der Waals surface area contributed by atoms with E-state index in [4.69, 9.17) is 30.8 Å². The van der Waals surface area contributed by atoms with E-state index >= 15 is 4.39 Å². The molecule has 0 radical (unpaired) electrons. The van der Waals surface area contributed by atoms with Gasteiger partial charge in [-0.2, -0.15) is 4.98 Å². The number of nitrogens with one attached hydrogen (secondary N) is 2. The van der Waals surface area contributed by atoms with Gasteiger partial charge in [-0.05, 0) is 41.5 Å². The second-order valence-corrected chi connectivity index (χ2v) is 9.68. The Morgan fingerprint density at radius 3 is 2.73 bits per heavy atom. The fraction of sp³-hybridized carbons (Fsp3) is 0.345. The van der Waals surface area contributed by atoms with Gasteiger partial charge in [-0.1, -0.05) is 35.9 Å². The van der Waals surface area contributed by atoms with Gasteiger partial charge in [-0.25, -0.2) is 9.37 Å². The topological polar surface area (TPSA) is 97.8 Å². The van der Waals surface area contributed by atoms with Gasteiger partial charge in [0.1, 0.15) is 17.1 Å². The van der Waals surface area contributed by atoms with Gasteiger partial charge in [0.25, 0.3) is 0 Å². The minimum Gasteiger partial charge on any atom is -0.468 e. The average Bonchev–Trinajstić information content (AvgIpc) is 2.96. The van der Waals surface area contributed by atoms with Crippen molar-refractivity contribution in [1.82, 2.24) is 15.3 Å². The molecule has 0 unspecified atom stereocenters. The second-order valence-electron chi connectivity index (χ2n) is 9.28. The van der Waals surface area contributed by atoms with Crippen LogP contribution in [0.15, 0.2) is 42.5 Å². The van der Waals surface area contributed by atoms with Crippen LogP contribution in [0.5, 0.6) is 5.75 Å². The molecular weight excluding hydrogens is 537 g/mol. The monoisotopic (exact) mass is 567 g/mol. The summed E-state index contributed by atoms with van der Waals surface area (Å²) in [6, 6.07) is 13.0. The molecule has 0 spiro atoms. The number of piperazine rings is 1. The molecule has 210 valence electrons. The van der Waals surface area contributed by atoms with Crippen molar-refractivity contribution in [3.8, 4) is 16.9 Å². The van der Waals surface area contributed by atoms with Gasteiger partial charge in [-0.3, -0.25) is 4.79 Å². The summed E-state index contributed by atoms with van der Waals surface area (Å²) in [5.41, 5.74) is 0.928. The van der Waals surface area contributed by atoms with Crippen molar-refractivity contribution < 1.29 is 23.4 Å². The smallest absolute Gasteiger partial charge is 0.307 e. The number of rotatable bonds is 10. The van der Waals surface area contributed by atoms with E-state index in [9.17, 15) is 4.79 Å². The van der Waals surface area contributed by atoms with Crippen LogP contribution in [-0.4, -0.2) is 69.2 Å². The minimum absolute atomic E-state index is 0.0494. The van der Waals surface area contributed by atoms with E-state index < -0.39 is 5.82 Å². The zero-order valence-electron chi connectivity index (χ0n) is 22.4. The molecule has 9 nitrogen and oxygen atoms in total. The van der Waals surface area contributed by atoms with E-state index in [1.54, 1.807) is 19.1 Å². The van der Waals surface area contributed by atoms with Gasteiger partial charge < -0.3 is 29.7 Å². The van der Waals surface area contributed by atoms with E-state index in [1.165, 1.54) is 7.11 Å². The van der Waals surface area contributed by atoms with Crippen molar-refractivity contribution >= 4 is 51.0 Å². The van der Waals surface area contributed by atoms with E-state index in [-0.39, 0.29) is 47.8 Å². The average molecular weight is 568 g/mol. The van der Waals surface area contributed by atoms with Crippen molar-refractivity contribution in [2.45, 2.75) is 13.3 Å². The summed E-state index contributed by atoms with van der Waals surface area (Å²) in [4.78, 5) is 23.2. The van der Waals surface area contributed by atoms with Crippen molar-refractivity contribution in [3.63, 3.8) is 0 Å². The van der Waals surface area contributed by atoms with Crippen LogP contribution in [0.4, 0.5) is 16.2 Å². The van der Waals surface area contributed by atoms with Crippen molar-refractivity contribution in [3.05, 3.63) is 53.3 Å². The van der Waals surface area contributed by atoms with Crippen LogP contribution in [0.2, 0.25) is 5.02 Å². The highest BCUT2D eigenvalue weighted by atomic mass is 35.5. The highest BCUT2D eigenvalue weighted by molar-refractivity contribution is 6.35. The fourth-order valence-corrected chi connectivity index (χ4v) is 5.13. The first kappa shape index (κ1) is 27.8. The normalized spacial score (nSPS) is 13.6. The van der Waals surface area contributed by atoms with Gasteiger partial charge >= 0.3 is 5.97 Å². The number of ether oxygens (including phenoxy) is 3. The summed E-state index contributed by atoms with van der Waals surface area (Å²) in [6.45, 7) is 5.28. The molecule has 0 aliphatic carbocycles. The first-order valence-corrected chi connectivity index (χ1v) is 13.6. The number of benzene rings is 3. The Hall–Kier alpha value is -3.73. The lowest BCUT2D eigenvalue weighted by atomic mass is 9.96. The van der Waals surface area contributed by atoms with Crippen LogP contribution in [0.25, 0.3) is 32.8 Å². The number of aromatic nitrogens is 2. The summed E-state index contributed by atoms with van der Waals surface area (Å²) < 4.78 is 32.4. The summed E-state index contributed by atoms with van der Waals surface area (Å²) in [7, 11) is 1.54. The standard InChI is InChI=1S/C29H31ClFN5O4/c1-3-39-24(37)8-9-33-29-34-27-22(28(35-29)36-12-10-32-11-13-36)16-23(30)25(26(27)31)21-15-19(40-17-38-2)14-18-6-4-5-7-20(18)21/h4-7,14-16,32H,3,8-13,17H2,1-2H3,(H,33,34,35). The number of halogens is 2. The molecule has 5 rings (SSSR count). The van der Waals surface area contributed by atoms with Crippen molar-refractivity contribution in [1.29, 1.82) is 0 Å². The van der Waals surface area contributed by atoms with E-state index in [0.29, 0.717) is 42.2 Å². The van der Waals surface area contributed by atoms with Crippen LogP contribution in [-0.2, 0) is 14.3 Å². The third-order valence-corrected chi connectivity index (χ3v) is 6.94. The van der Waals surface area contributed by atoms with Gasteiger partial charge in [0.05, 0.1) is 18.1 Å². The minimum atomic E-state index is -0.566. The Balaban J connectivity index is 1.65. The number of hydrogen-bond acceptors (Lipinski definition) is 9. The van der Waals surface area contributed by atoms with Crippen LogP contribution < -0.4 is 20.3 Å². The maximum absolute atomic E-state index is 16.6. The first-order valence-electron chi connectivity index (χ1n) is 13.2. The molecule has 0 atom stereocenters. The molecule has 2 heterocycles. The number of carbonyl (C=O) groups excluding carboxylic acids is 1. The predicted molar refractivity (Wildman–Crippen MR) is 155 cm³/mol. The van der Waals surface area contributed by atoms with Crippen LogP contribution in [0.3, 0.4) is 0 Å². The van der Waals surface area contributed by atoms with Gasteiger partial charge in [-0.15, -0.1) is 0 Å². The molecule has 1 aliphatic rings. The van der Waals surface area contributed by atoms with Gasteiger partial charge in [0.2, 0.25) is 5.95 Å². The van der Waals surface area contributed by atoms with Gasteiger partial charge in [0.15, 0.2) is 12.6 Å². The molecule has 11 heteroatoms. The maximum Gasteiger partial charge on any atom is 0.307 e.